The summed E-state index contributed by atoms with van der Waals surface area (Å²) < 4.78 is 1.62. The van der Waals surface area contributed by atoms with Gasteiger partial charge in [0.25, 0.3) is 5.56 Å². The highest BCUT2D eigenvalue weighted by molar-refractivity contribution is 5.94. The number of H-pyrrole nitrogens is 1. The standard InChI is InChI=1S/C15H15N3O2/c1-2-3-7-18-13-9-12-10(5-4-6-16-12)8-11(13)14(19)17-15(18)20/h4-6,8-9H,2-3,7H2,1H3,(H,17,19,20). The normalized spacial score (nSPS) is 11.2. The van der Waals surface area contributed by atoms with Gasteiger partial charge in [-0.3, -0.25) is 19.3 Å². The fraction of sp³-hybridized carbons (Fsp3) is 0.267. The molecule has 2 aromatic heterocycles. The molecule has 2 heterocycles. The fourth-order valence-electron chi connectivity index (χ4n) is 2.39. The minimum atomic E-state index is -0.355. The molecule has 3 rings (SSSR count). The van der Waals surface area contributed by atoms with Crippen molar-refractivity contribution >= 4 is 21.8 Å². The van der Waals surface area contributed by atoms with Crippen LogP contribution in [0, 0.1) is 0 Å². The van der Waals surface area contributed by atoms with Gasteiger partial charge < -0.3 is 0 Å². The van der Waals surface area contributed by atoms with Gasteiger partial charge in [0.2, 0.25) is 0 Å². The van der Waals surface area contributed by atoms with Crippen LogP contribution in [0.1, 0.15) is 19.8 Å². The van der Waals surface area contributed by atoms with Crippen LogP contribution in [-0.4, -0.2) is 14.5 Å². The molecule has 5 nitrogen and oxygen atoms in total. The molecule has 0 aliphatic heterocycles. The van der Waals surface area contributed by atoms with Crippen molar-refractivity contribution < 1.29 is 0 Å². The summed E-state index contributed by atoms with van der Waals surface area (Å²) in [7, 11) is 0. The molecule has 0 amide bonds. The molecule has 1 N–H and O–H groups in total. The van der Waals surface area contributed by atoms with Crippen molar-refractivity contribution in [3.05, 3.63) is 51.3 Å². The number of hydrogen-bond donors (Lipinski definition) is 1. The van der Waals surface area contributed by atoms with Crippen molar-refractivity contribution in [1.82, 2.24) is 14.5 Å². The smallest absolute Gasteiger partial charge is 0.293 e. The third kappa shape index (κ3) is 2.01. The second-order valence-electron chi connectivity index (χ2n) is 4.83. The topological polar surface area (TPSA) is 67.8 Å². The van der Waals surface area contributed by atoms with Gasteiger partial charge in [0.05, 0.1) is 16.4 Å². The van der Waals surface area contributed by atoms with Crippen LogP contribution in [-0.2, 0) is 6.54 Å². The first-order chi connectivity index (χ1) is 9.70. The van der Waals surface area contributed by atoms with Crippen LogP contribution in [0.15, 0.2) is 40.1 Å². The van der Waals surface area contributed by atoms with Crippen molar-refractivity contribution in [2.45, 2.75) is 26.3 Å². The number of rotatable bonds is 3. The highest BCUT2D eigenvalue weighted by Gasteiger charge is 2.08. The Kier molecular flexibility index (Phi) is 3.10. The minimum Gasteiger partial charge on any atom is -0.293 e. The van der Waals surface area contributed by atoms with Gasteiger partial charge in [0, 0.05) is 18.1 Å². The van der Waals surface area contributed by atoms with E-state index in [9.17, 15) is 9.59 Å². The summed E-state index contributed by atoms with van der Waals surface area (Å²) >= 11 is 0. The molecular weight excluding hydrogens is 254 g/mol. The van der Waals surface area contributed by atoms with Crippen LogP contribution in [0.25, 0.3) is 21.8 Å². The summed E-state index contributed by atoms with van der Waals surface area (Å²) in [6.45, 7) is 2.66. The van der Waals surface area contributed by atoms with Crippen LogP contribution in [0.2, 0.25) is 0 Å². The van der Waals surface area contributed by atoms with E-state index in [1.165, 1.54) is 0 Å². The predicted molar refractivity (Wildman–Crippen MR) is 79.0 cm³/mol. The van der Waals surface area contributed by atoms with Gasteiger partial charge in [-0.2, -0.15) is 0 Å². The molecule has 5 heteroatoms. The van der Waals surface area contributed by atoms with E-state index in [2.05, 4.69) is 16.9 Å². The van der Waals surface area contributed by atoms with Gasteiger partial charge in [-0.1, -0.05) is 19.4 Å². The number of aromatic nitrogens is 3. The molecule has 0 aliphatic carbocycles. The van der Waals surface area contributed by atoms with E-state index in [-0.39, 0.29) is 11.2 Å². The lowest BCUT2D eigenvalue weighted by molar-refractivity contribution is 0.617. The lowest BCUT2D eigenvalue weighted by atomic mass is 10.1. The Morgan fingerprint density at radius 3 is 2.95 bits per heavy atom. The zero-order chi connectivity index (χ0) is 14.1. The van der Waals surface area contributed by atoms with Crippen molar-refractivity contribution in [3.63, 3.8) is 0 Å². The molecule has 0 fully saturated rings. The van der Waals surface area contributed by atoms with Crippen LogP contribution in [0.5, 0.6) is 0 Å². The number of unbranched alkanes of at least 4 members (excludes halogenated alkanes) is 1. The second kappa shape index (κ2) is 4.92. The SMILES string of the molecule is CCCCn1c(=O)[nH]c(=O)c2cc3cccnc3cc21. The molecule has 0 saturated carbocycles. The van der Waals surface area contributed by atoms with Gasteiger partial charge in [-0.05, 0) is 24.6 Å². The summed E-state index contributed by atoms with van der Waals surface area (Å²) in [5.74, 6) is 0. The summed E-state index contributed by atoms with van der Waals surface area (Å²) in [5.41, 5.74) is 0.739. The van der Waals surface area contributed by atoms with Crippen LogP contribution >= 0.6 is 0 Å². The Labute approximate surface area is 114 Å². The van der Waals surface area contributed by atoms with E-state index in [0.717, 1.165) is 23.7 Å². The van der Waals surface area contributed by atoms with Crippen molar-refractivity contribution in [3.8, 4) is 0 Å². The lowest BCUT2D eigenvalue weighted by Gasteiger charge is -2.09. The maximum Gasteiger partial charge on any atom is 0.328 e. The number of pyridine rings is 1. The molecule has 102 valence electrons. The summed E-state index contributed by atoms with van der Waals surface area (Å²) in [6.07, 6.45) is 3.58. The Morgan fingerprint density at radius 1 is 1.30 bits per heavy atom. The quantitative estimate of drug-likeness (QED) is 0.740. The largest absolute Gasteiger partial charge is 0.328 e. The number of fused-ring (bicyclic) bond motifs is 2. The number of benzene rings is 1. The van der Waals surface area contributed by atoms with Crippen LogP contribution in [0.4, 0.5) is 0 Å². The van der Waals surface area contributed by atoms with Gasteiger partial charge in [0.1, 0.15) is 0 Å². The van der Waals surface area contributed by atoms with Gasteiger partial charge in [-0.25, -0.2) is 4.79 Å². The summed E-state index contributed by atoms with van der Waals surface area (Å²) in [4.78, 5) is 30.6. The third-order valence-corrected chi connectivity index (χ3v) is 3.46. The Balaban J connectivity index is 2.40. The molecule has 0 unspecified atom stereocenters. The van der Waals surface area contributed by atoms with Crippen LogP contribution < -0.4 is 11.2 Å². The predicted octanol–water partition coefficient (Wildman–Crippen LogP) is 2.04. The average Bonchev–Trinajstić information content (AvgIpc) is 2.45. The zero-order valence-corrected chi connectivity index (χ0v) is 11.2. The van der Waals surface area contributed by atoms with E-state index in [0.29, 0.717) is 17.4 Å². The number of nitrogens with zero attached hydrogens (tertiary/aromatic N) is 2. The number of hydrogen-bond acceptors (Lipinski definition) is 3. The first-order valence-electron chi connectivity index (χ1n) is 6.72. The van der Waals surface area contributed by atoms with Gasteiger partial charge >= 0.3 is 5.69 Å². The highest BCUT2D eigenvalue weighted by Crippen LogP contribution is 2.18. The van der Waals surface area contributed by atoms with E-state index >= 15 is 0 Å². The molecular formula is C15H15N3O2. The van der Waals surface area contributed by atoms with Gasteiger partial charge in [0.15, 0.2) is 0 Å². The number of aromatic amines is 1. The number of aryl methyl sites for hydroxylation is 1. The Morgan fingerprint density at radius 2 is 2.15 bits per heavy atom. The van der Waals surface area contributed by atoms with Crippen molar-refractivity contribution in [1.29, 1.82) is 0 Å². The average molecular weight is 269 g/mol. The maximum absolute atomic E-state index is 12.0. The fourth-order valence-corrected chi connectivity index (χ4v) is 2.39. The van der Waals surface area contributed by atoms with E-state index in [4.69, 9.17) is 0 Å². The summed E-state index contributed by atoms with van der Waals surface area (Å²) in [5, 5.41) is 1.42. The van der Waals surface area contributed by atoms with Crippen molar-refractivity contribution in [2.24, 2.45) is 0 Å². The Hall–Kier alpha value is -2.43. The second-order valence-corrected chi connectivity index (χ2v) is 4.83. The van der Waals surface area contributed by atoms with Gasteiger partial charge in [-0.15, -0.1) is 0 Å². The molecule has 0 spiro atoms. The zero-order valence-electron chi connectivity index (χ0n) is 11.2. The molecule has 0 saturated heterocycles. The number of nitrogens with one attached hydrogen (secondary N) is 1. The van der Waals surface area contributed by atoms with E-state index in [1.807, 2.05) is 18.2 Å². The Bertz CT molecular complexity index is 893. The van der Waals surface area contributed by atoms with Crippen LogP contribution in [0.3, 0.4) is 0 Å². The molecule has 3 aromatic rings. The summed E-state index contributed by atoms with van der Waals surface area (Å²) in [6, 6.07) is 7.34. The van der Waals surface area contributed by atoms with E-state index < -0.39 is 0 Å². The molecule has 20 heavy (non-hydrogen) atoms. The minimum absolute atomic E-state index is 0.344. The lowest BCUT2D eigenvalue weighted by Crippen LogP contribution is -2.30. The first-order valence-corrected chi connectivity index (χ1v) is 6.72. The molecule has 0 radical (unpaired) electrons. The monoisotopic (exact) mass is 269 g/mol. The van der Waals surface area contributed by atoms with Crippen molar-refractivity contribution in [2.75, 3.05) is 0 Å². The molecule has 1 aromatic carbocycles. The molecule has 0 bridgehead atoms. The molecule has 0 atom stereocenters. The van der Waals surface area contributed by atoms with E-state index in [1.54, 1.807) is 16.8 Å². The first kappa shape index (κ1) is 12.6. The highest BCUT2D eigenvalue weighted by atomic mass is 16.2. The maximum atomic E-state index is 12.0. The molecule has 0 aliphatic rings. The third-order valence-electron chi connectivity index (χ3n) is 3.46.